The van der Waals surface area contributed by atoms with Gasteiger partial charge < -0.3 is 4.90 Å². The monoisotopic (exact) mass is 291 g/mol. The maximum Gasteiger partial charge on any atom is 0.0382 e. The highest BCUT2D eigenvalue weighted by Gasteiger charge is 2.46. The van der Waals surface area contributed by atoms with E-state index in [-0.39, 0.29) is 0 Å². The lowest BCUT2D eigenvalue weighted by Crippen LogP contribution is -2.58. The van der Waals surface area contributed by atoms with Crippen molar-refractivity contribution in [2.45, 2.75) is 44.2 Å². The van der Waals surface area contributed by atoms with Gasteiger partial charge in [0.1, 0.15) is 0 Å². The van der Waals surface area contributed by atoms with Gasteiger partial charge in [-0.2, -0.15) is 0 Å². The van der Waals surface area contributed by atoms with Crippen molar-refractivity contribution in [3.05, 3.63) is 28.7 Å². The van der Waals surface area contributed by atoms with Gasteiger partial charge in [0.05, 0.1) is 0 Å². The number of hydrogen-bond donors (Lipinski definition) is 0. The zero-order valence-electron chi connectivity index (χ0n) is 9.98. The van der Waals surface area contributed by atoms with Crippen LogP contribution in [0.3, 0.4) is 0 Å². The molecule has 0 radical (unpaired) electrons. The van der Waals surface area contributed by atoms with Gasteiger partial charge in [0.2, 0.25) is 0 Å². The average molecular weight is 292 g/mol. The first-order valence-electron chi connectivity index (χ1n) is 6.83. The molecule has 4 fully saturated rings. The van der Waals surface area contributed by atoms with Crippen molar-refractivity contribution >= 4 is 21.6 Å². The Labute approximate surface area is 111 Å². The SMILES string of the molecule is Brc1cccc(N2C3CC4CC(C3)CC2C4)c1. The fourth-order valence-electron chi connectivity index (χ4n) is 4.59. The molecule has 17 heavy (non-hydrogen) atoms. The molecule has 90 valence electrons. The van der Waals surface area contributed by atoms with E-state index < -0.39 is 0 Å². The summed E-state index contributed by atoms with van der Waals surface area (Å²) in [5.74, 6) is 2.09. The zero-order valence-corrected chi connectivity index (χ0v) is 11.6. The fourth-order valence-corrected chi connectivity index (χ4v) is 4.98. The standard InChI is InChI=1S/C15H18BrN/c16-12-2-1-3-13(9-12)17-14-5-10-4-11(7-14)8-15(17)6-10/h1-3,9-11,14-15H,4-8H2. The first kappa shape index (κ1) is 10.4. The second-order valence-electron chi connectivity index (χ2n) is 6.11. The summed E-state index contributed by atoms with van der Waals surface area (Å²) < 4.78 is 1.21. The largest absolute Gasteiger partial charge is 0.365 e. The van der Waals surface area contributed by atoms with Crippen molar-refractivity contribution in [1.29, 1.82) is 0 Å². The van der Waals surface area contributed by atoms with Crippen LogP contribution in [0.5, 0.6) is 0 Å². The lowest BCUT2D eigenvalue weighted by atomic mass is 9.63. The maximum atomic E-state index is 3.60. The molecule has 2 aliphatic heterocycles. The van der Waals surface area contributed by atoms with Crippen molar-refractivity contribution in [2.24, 2.45) is 11.8 Å². The molecule has 4 aliphatic rings. The van der Waals surface area contributed by atoms with Gasteiger partial charge in [0, 0.05) is 22.2 Å². The molecular formula is C15H18BrN. The minimum Gasteiger partial charge on any atom is -0.365 e. The Morgan fingerprint density at radius 3 is 2.18 bits per heavy atom. The Hall–Kier alpha value is -0.500. The summed E-state index contributed by atoms with van der Waals surface area (Å²) in [6.07, 6.45) is 7.30. The summed E-state index contributed by atoms with van der Waals surface area (Å²) >= 11 is 3.60. The van der Waals surface area contributed by atoms with Gasteiger partial charge in [-0.1, -0.05) is 22.0 Å². The van der Waals surface area contributed by atoms with Crippen LogP contribution in [0.2, 0.25) is 0 Å². The summed E-state index contributed by atoms with van der Waals surface area (Å²) in [4.78, 5) is 2.73. The molecule has 0 unspecified atom stereocenters. The molecule has 2 heteroatoms. The summed E-state index contributed by atoms with van der Waals surface area (Å²) in [5, 5.41) is 0. The Bertz CT molecular complexity index is 414. The second-order valence-corrected chi connectivity index (χ2v) is 7.02. The van der Waals surface area contributed by atoms with Crippen LogP contribution in [0, 0.1) is 11.8 Å². The van der Waals surface area contributed by atoms with Gasteiger partial charge >= 0.3 is 0 Å². The molecule has 0 aromatic heterocycles. The molecule has 2 aliphatic carbocycles. The van der Waals surface area contributed by atoms with Gasteiger partial charge in [0.25, 0.3) is 0 Å². The molecule has 2 heterocycles. The molecule has 4 bridgehead atoms. The fraction of sp³-hybridized carbons (Fsp3) is 0.600. The van der Waals surface area contributed by atoms with Gasteiger partial charge in [-0.3, -0.25) is 0 Å². The van der Waals surface area contributed by atoms with Crippen LogP contribution in [0.25, 0.3) is 0 Å². The molecule has 2 saturated heterocycles. The van der Waals surface area contributed by atoms with Crippen molar-refractivity contribution in [1.82, 2.24) is 0 Å². The van der Waals surface area contributed by atoms with E-state index >= 15 is 0 Å². The number of nitrogens with zero attached hydrogens (tertiary/aromatic N) is 1. The van der Waals surface area contributed by atoms with Gasteiger partial charge in [-0.25, -0.2) is 0 Å². The minimum absolute atomic E-state index is 0.834. The predicted molar refractivity (Wildman–Crippen MR) is 74.3 cm³/mol. The predicted octanol–water partition coefficient (Wildman–Crippen LogP) is 4.22. The number of hydrogen-bond acceptors (Lipinski definition) is 1. The zero-order chi connectivity index (χ0) is 11.4. The smallest absolute Gasteiger partial charge is 0.0382 e. The van der Waals surface area contributed by atoms with Crippen LogP contribution in [0.4, 0.5) is 5.69 Å². The Morgan fingerprint density at radius 2 is 1.59 bits per heavy atom. The third kappa shape index (κ3) is 1.64. The number of halogens is 1. The summed E-state index contributed by atoms with van der Waals surface area (Å²) in [5.41, 5.74) is 1.44. The molecule has 1 aromatic rings. The second kappa shape index (κ2) is 3.74. The summed E-state index contributed by atoms with van der Waals surface area (Å²) in [6.45, 7) is 0. The van der Waals surface area contributed by atoms with Crippen molar-refractivity contribution in [3.8, 4) is 0 Å². The third-order valence-corrected chi connectivity index (χ3v) is 5.47. The minimum atomic E-state index is 0.834. The Balaban J connectivity index is 1.70. The molecule has 2 saturated carbocycles. The van der Waals surface area contributed by atoms with Gasteiger partial charge in [-0.15, -0.1) is 0 Å². The van der Waals surface area contributed by atoms with Crippen molar-refractivity contribution < 1.29 is 0 Å². The first-order valence-corrected chi connectivity index (χ1v) is 7.63. The highest BCUT2D eigenvalue weighted by molar-refractivity contribution is 9.10. The quantitative estimate of drug-likeness (QED) is 0.749. The molecule has 0 atom stereocenters. The van der Waals surface area contributed by atoms with Gasteiger partial charge in [-0.05, 0) is 62.1 Å². The highest BCUT2D eigenvalue weighted by Crippen LogP contribution is 2.50. The topological polar surface area (TPSA) is 3.24 Å². The summed E-state index contributed by atoms with van der Waals surface area (Å²) in [6, 6.07) is 10.5. The van der Waals surface area contributed by atoms with Gasteiger partial charge in [0.15, 0.2) is 0 Å². The molecular weight excluding hydrogens is 274 g/mol. The molecule has 0 amide bonds. The molecule has 5 rings (SSSR count). The molecule has 1 aromatic carbocycles. The van der Waals surface area contributed by atoms with E-state index in [2.05, 4.69) is 45.1 Å². The Kier molecular flexibility index (Phi) is 2.30. The lowest BCUT2D eigenvalue weighted by Gasteiger charge is -2.57. The lowest BCUT2D eigenvalue weighted by molar-refractivity contribution is 0.0900. The Morgan fingerprint density at radius 1 is 0.941 bits per heavy atom. The van der Waals surface area contributed by atoms with Crippen LogP contribution >= 0.6 is 15.9 Å². The van der Waals surface area contributed by atoms with Crippen LogP contribution in [0.1, 0.15) is 32.1 Å². The van der Waals surface area contributed by atoms with Crippen LogP contribution in [-0.4, -0.2) is 12.1 Å². The maximum absolute atomic E-state index is 3.60. The van der Waals surface area contributed by atoms with Crippen LogP contribution < -0.4 is 4.90 Å². The number of anilines is 1. The average Bonchev–Trinajstić information content (AvgIpc) is 2.27. The normalized spacial score (nSPS) is 38.8. The van der Waals surface area contributed by atoms with E-state index in [0.29, 0.717) is 0 Å². The molecule has 1 nitrogen and oxygen atoms in total. The van der Waals surface area contributed by atoms with Crippen molar-refractivity contribution in [2.75, 3.05) is 4.90 Å². The number of benzene rings is 1. The van der Waals surface area contributed by atoms with E-state index in [1.54, 1.807) is 0 Å². The molecule has 0 spiro atoms. The van der Waals surface area contributed by atoms with E-state index in [1.807, 2.05) is 0 Å². The number of piperidine rings is 2. The van der Waals surface area contributed by atoms with E-state index in [9.17, 15) is 0 Å². The van der Waals surface area contributed by atoms with E-state index in [1.165, 1.54) is 42.3 Å². The summed E-state index contributed by atoms with van der Waals surface area (Å²) in [7, 11) is 0. The van der Waals surface area contributed by atoms with E-state index in [0.717, 1.165) is 23.9 Å². The van der Waals surface area contributed by atoms with Crippen LogP contribution in [0.15, 0.2) is 28.7 Å². The highest BCUT2D eigenvalue weighted by atomic mass is 79.9. The van der Waals surface area contributed by atoms with E-state index in [4.69, 9.17) is 0 Å². The van der Waals surface area contributed by atoms with Crippen molar-refractivity contribution in [3.63, 3.8) is 0 Å². The first-order chi connectivity index (χ1) is 8.29. The molecule has 0 N–H and O–H groups in total. The third-order valence-electron chi connectivity index (χ3n) is 4.98. The van der Waals surface area contributed by atoms with Crippen LogP contribution in [-0.2, 0) is 0 Å². The number of rotatable bonds is 1.